The maximum Gasteiger partial charge on any atom is 0.141 e. The molecular formula is C34H30N6. The lowest BCUT2D eigenvalue weighted by Crippen LogP contribution is -2.34. The number of piperidine rings is 1. The lowest BCUT2D eigenvalue weighted by atomic mass is 9.96. The fourth-order valence-electron chi connectivity index (χ4n) is 5.90. The summed E-state index contributed by atoms with van der Waals surface area (Å²) in [7, 11) is 0. The zero-order valence-electron chi connectivity index (χ0n) is 22.3. The number of aliphatic imine (C=N–C) groups is 1. The molecule has 2 aliphatic rings. The highest BCUT2D eigenvalue weighted by Crippen LogP contribution is 2.33. The number of benzene rings is 4. The van der Waals surface area contributed by atoms with E-state index in [-0.39, 0.29) is 0 Å². The molecule has 6 heteroatoms. The predicted octanol–water partition coefficient (Wildman–Crippen LogP) is 6.91. The smallest absolute Gasteiger partial charge is 0.141 e. The molecule has 2 aliphatic heterocycles. The Morgan fingerprint density at radius 1 is 0.875 bits per heavy atom. The molecule has 3 heterocycles. The summed E-state index contributed by atoms with van der Waals surface area (Å²) in [4.78, 5) is 18.2. The van der Waals surface area contributed by atoms with E-state index in [4.69, 9.17) is 9.98 Å². The van der Waals surface area contributed by atoms with Gasteiger partial charge in [0.1, 0.15) is 11.7 Å². The molecule has 0 bridgehead atoms. The third kappa shape index (κ3) is 4.76. The molecular weight excluding hydrogens is 492 g/mol. The normalized spacial score (nSPS) is 16.0. The van der Waals surface area contributed by atoms with Crippen LogP contribution in [-0.4, -0.2) is 33.8 Å². The van der Waals surface area contributed by atoms with E-state index in [0.29, 0.717) is 18.0 Å². The minimum Gasteiger partial charge on any atom is -0.342 e. The van der Waals surface area contributed by atoms with Crippen molar-refractivity contribution in [2.24, 2.45) is 4.99 Å². The zero-order valence-corrected chi connectivity index (χ0v) is 22.3. The molecule has 0 amide bonds. The number of H-pyrrole nitrogens is 1. The number of hydrogen-bond acceptors (Lipinski definition) is 5. The van der Waals surface area contributed by atoms with Gasteiger partial charge in [-0.15, -0.1) is 0 Å². The Balaban J connectivity index is 1.06. The van der Waals surface area contributed by atoms with E-state index in [1.807, 2.05) is 42.5 Å². The molecule has 0 atom stereocenters. The number of nitrogens with zero attached hydrogens (tertiary/aromatic N) is 5. The van der Waals surface area contributed by atoms with Crippen molar-refractivity contribution in [3.63, 3.8) is 0 Å². The second-order valence-electron chi connectivity index (χ2n) is 10.7. The van der Waals surface area contributed by atoms with Crippen LogP contribution >= 0.6 is 0 Å². The number of aromatic amines is 1. The van der Waals surface area contributed by atoms with Crippen LogP contribution in [0.1, 0.15) is 46.8 Å². The Labute approximate surface area is 234 Å². The van der Waals surface area contributed by atoms with Gasteiger partial charge < -0.3 is 9.88 Å². The van der Waals surface area contributed by atoms with Crippen molar-refractivity contribution >= 4 is 28.2 Å². The third-order valence-electron chi connectivity index (χ3n) is 8.09. The fourth-order valence-corrected chi connectivity index (χ4v) is 5.90. The van der Waals surface area contributed by atoms with E-state index in [9.17, 15) is 5.26 Å². The van der Waals surface area contributed by atoms with Crippen LogP contribution in [0.25, 0.3) is 11.0 Å². The Morgan fingerprint density at radius 3 is 2.42 bits per heavy atom. The van der Waals surface area contributed by atoms with Gasteiger partial charge in [0.05, 0.1) is 34.9 Å². The van der Waals surface area contributed by atoms with Gasteiger partial charge in [-0.05, 0) is 79.5 Å². The van der Waals surface area contributed by atoms with E-state index in [0.717, 1.165) is 77.7 Å². The van der Waals surface area contributed by atoms with Crippen molar-refractivity contribution in [1.29, 1.82) is 5.26 Å². The molecule has 0 saturated carbocycles. The van der Waals surface area contributed by atoms with Gasteiger partial charge in [0.25, 0.3) is 0 Å². The Kier molecular flexibility index (Phi) is 6.35. The first-order valence-electron chi connectivity index (χ1n) is 13.9. The number of nitrogens with one attached hydrogen (secondary N) is 1. The summed E-state index contributed by atoms with van der Waals surface area (Å²) in [5.41, 5.74) is 8.33. The number of anilines is 1. The molecule has 4 aromatic carbocycles. The molecule has 1 aromatic heterocycles. The number of hydrogen-bond donors (Lipinski definition) is 1. The number of para-hydroxylation sites is 2. The van der Waals surface area contributed by atoms with Crippen LogP contribution in [0.3, 0.4) is 0 Å². The predicted molar refractivity (Wildman–Crippen MR) is 160 cm³/mol. The summed E-state index contributed by atoms with van der Waals surface area (Å²) in [6.07, 6.45) is 2.24. The minimum absolute atomic E-state index is 0.491. The zero-order chi connectivity index (χ0) is 26.9. The van der Waals surface area contributed by atoms with Gasteiger partial charge in [-0.25, -0.2) is 9.98 Å². The topological polar surface area (TPSA) is 71.3 Å². The van der Waals surface area contributed by atoms with Crippen molar-refractivity contribution in [2.75, 3.05) is 18.0 Å². The maximum absolute atomic E-state index is 9.41. The molecule has 1 N–H and O–H groups in total. The number of aromatic nitrogens is 2. The molecule has 0 unspecified atom stereocenters. The van der Waals surface area contributed by atoms with E-state index < -0.39 is 0 Å². The number of fused-ring (bicyclic) bond motifs is 2. The summed E-state index contributed by atoms with van der Waals surface area (Å²) in [6, 6.07) is 35.5. The number of rotatable bonds is 5. The molecule has 1 fully saturated rings. The monoisotopic (exact) mass is 522 g/mol. The highest BCUT2D eigenvalue weighted by molar-refractivity contribution is 6.12. The van der Waals surface area contributed by atoms with Crippen LogP contribution < -0.4 is 4.90 Å². The minimum atomic E-state index is 0.491. The summed E-state index contributed by atoms with van der Waals surface area (Å²) < 4.78 is 0. The number of nitriles is 1. The summed E-state index contributed by atoms with van der Waals surface area (Å²) in [6.45, 7) is 3.76. The molecule has 0 spiro atoms. The molecule has 1 saturated heterocycles. The van der Waals surface area contributed by atoms with Gasteiger partial charge in [-0.1, -0.05) is 54.6 Å². The average Bonchev–Trinajstić information content (AvgIpc) is 3.46. The van der Waals surface area contributed by atoms with Gasteiger partial charge in [0.15, 0.2) is 0 Å². The molecule has 5 aromatic rings. The van der Waals surface area contributed by atoms with Crippen LogP contribution in [0.2, 0.25) is 0 Å². The molecule has 0 radical (unpaired) electrons. The Morgan fingerprint density at radius 2 is 1.65 bits per heavy atom. The van der Waals surface area contributed by atoms with Crippen molar-refractivity contribution in [1.82, 2.24) is 14.9 Å². The molecule has 7 rings (SSSR count). The number of amidine groups is 1. The van der Waals surface area contributed by atoms with E-state index in [1.165, 1.54) is 5.56 Å². The van der Waals surface area contributed by atoms with Gasteiger partial charge in [0.2, 0.25) is 0 Å². The second kappa shape index (κ2) is 10.4. The summed E-state index contributed by atoms with van der Waals surface area (Å²) in [5.74, 6) is 2.55. The molecule has 40 heavy (non-hydrogen) atoms. The van der Waals surface area contributed by atoms with Crippen LogP contribution in [0, 0.1) is 11.3 Å². The fraction of sp³-hybridized carbons (Fsp3) is 0.206. The first-order valence-corrected chi connectivity index (χ1v) is 13.9. The number of imidazole rings is 1. The van der Waals surface area contributed by atoms with Crippen molar-refractivity contribution in [2.45, 2.75) is 31.8 Å². The third-order valence-corrected chi connectivity index (χ3v) is 8.09. The van der Waals surface area contributed by atoms with Gasteiger partial charge in [0, 0.05) is 23.7 Å². The van der Waals surface area contributed by atoms with Crippen molar-refractivity contribution in [3.05, 3.63) is 125 Å². The van der Waals surface area contributed by atoms with Crippen molar-refractivity contribution < 1.29 is 0 Å². The quantitative estimate of drug-likeness (QED) is 0.272. The van der Waals surface area contributed by atoms with Crippen LogP contribution in [0.15, 0.2) is 102 Å². The SMILES string of the molecule is N#Cc1ccc2c(c1)CN(c1ccc(CN3CCC(c4nc5ccccc5[nH]4)CC3)cc1)C(c1ccccc1)=N2. The first-order chi connectivity index (χ1) is 19.7. The van der Waals surface area contributed by atoms with Crippen molar-refractivity contribution in [3.8, 4) is 6.07 Å². The average molecular weight is 523 g/mol. The van der Waals surface area contributed by atoms with Gasteiger partial charge in [-0.2, -0.15) is 5.26 Å². The second-order valence-corrected chi connectivity index (χ2v) is 10.7. The van der Waals surface area contributed by atoms with E-state index in [1.54, 1.807) is 0 Å². The summed E-state index contributed by atoms with van der Waals surface area (Å²) in [5, 5.41) is 9.41. The largest absolute Gasteiger partial charge is 0.342 e. The highest BCUT2D eigenvalue weighted by atomic mass is 15.2. The molecule has 6 nitrogen and oxygen atoms in total. The molecule has 0 aliphatic carbocycles. The van der Waals surface area contributed by atoms with E-state index >= 15 is 0 Å². The Bertz CT molecular complexity index is 1690. The Hall–Kier alpha value is -4.73. The van der Waals surface area contributed by atoms with Gasteiger partial charge >= 0.3 is 0 Å². The highest BCUT2D eigenvalue weighted by Gasteiger charge is 2.25. The summed E-state index contributed by atoms with van der Waals surface area (Å²) >= 11 is 0. The standard InChI is InChI=1S/C34H30N6/c35-21-25-12-15-30-28(20-25)23-40(34(38-30)27-6-2-1-3-7-27)29-13-10-24(11-14-29)22-39-18-16-26(17-19-39)33-36-31-8-4-5-9-32(31)37-33/h1-15,20,26H,16-19,22-23H2,(H,36,37). The van der Waals surface area contributed by atoms with Crippen LogP contribution in [0.5, 0.6) is 0 Å². The lowest BCUT2D eigenvalue weighted by molar-refractivity contribution is 0.202. The van der Waals surface area contributed by atoms with Crippen LogP contribution in [-0.2, 0) is 13.1 Å². The number of likely N-dealkylation sites (tertiary alicyclic amines) is 1. The lowest BCUT2D eigenvalue weighted by Gasteiger charge is -2.32. The van der Waals surface area contributed by atoms with E-state index in [2.05, 4.69) is 75.5 Å². The van der Waals surface area contributed by atoms with Gasteiger partial charge in [-0.3, -0.25) is 4.90 Å². The van der Waals surface area contributed by atoms with Crippen LogP contribution in [0.4, 0.5) is 11.4 Å². The maximum atomic E-state index is 9.41. The molecule has 196 valence electrons. The first kappa shape index (κ1) is 24.3.